The Morgan fingerprint density at radius 2 is 2.00 bits per heavy atom. The third kappa shape index (κ3) is 3.10. The molecule has 0 spiro atoms. The van der Waals surface area contributed by atoms with E-state index in [4.69, 9.17) is 4.74 Å². The molecular formula is C15H21NO2. The van der Waals surface area contributed by atoms with Gasteiger partial charge in [-0.15, -0.1) is 0 Å². The summed E-state index contributed by atoms with van der Waals surface area (Å²) >= 11 is 0. The normalized spacial score (nSPS) is 16.9. The highest BCUT2D eigenvalue weighted by Crippen LogP contribution is 2.15. The fourth-order valence-electron chi connectivity index (χ4n) is 2.42. The Hall–Kier alpha value is -1.35. The minimum Gasteiger partial charge on any atom is -0.381 e. The van der Waals surface area contributed by atoms with Crippen molar-refractivity contribution in [2.24, 2.45) is 0 Å². The zero-order valence-electron chi connectivity index (χ0n) is 11.2. The molecule has 1 aromatic rings. The van der Waals surface area contributed by atoms with Gasteiger partial charge in [-0.05, 0) is 30.9 Å². The lowest BCUT2D eigenvalue weighted by atomic mass is 10.0. The summed E-state index contributed by atoms with van der Waals surface area (Å²) in [5.41, 5.74) is 2.33. The number of amides is 1. The maximum absolute atomic E-state index is 12.2. The molecule has 0 radical (unpaired) electrons. The van der Waals surface area contributed by atoms with Gasteiger partial charge < -0.3 is 9.64 Å². The highest BCUT2D eigenvalue weighted by Gasteiger charge is 2.22. The van der Waals surface area contributed by atoms with Crippen LogP contribution >= 0.6 is 0 Å². The number of hydrogen-bond acceptors (Lipinski definition) is 2. The number of methoxy groups -OCH3 is 1. The zero-order chi connectivity index (χ0) is 13.0. The number of ether oxygens (including phenoxy) is 1. The van der Waals surface area contributed by atoms with E-state index < -0.39 is 0 Å². The van der Waals surface area contributed by atoms with Crippen LogP contribution in [-0.2, 0) is 16.0 Å². The van der Waals surface area contributed by atoms with Crippen molar-refractivity contribution in [3.05, 3.63) is 35.4 Å². The Balaban J connectivity index is 1.91. The molecule has 3 heteroatoms. The first-order chi connectivity index (χ1) is 8.70. The van der Waals surface area contributed by atoms with Crippen molar-refractivity contribution in [3.8, 4) is 0 Å². The highest BCUT2D eigenvalue weighted by atomic mass is 16.5. The molecule has 1 aliphatic rings. The summed E-state index contributed by atoms with van der Waals surface area (Å²) < 4.78 is 5.32. The van der Waals surface area contributed by atoms with E-state index in [0.717, 1.165) is 31.5 Å². The maximum atomic E-state index is 12.2. The van der Waals surface area contributed by atoms with E-state index in [2.05, 4.69) is 13.0 Å². The first-order valence-electron chi connectivity index (χ1n) is 6.56. The van der Waals surface area contributed by atoms with Crippen molar-refractivity contribution in [3.63, 3.8) is 0 Å². The van der Waals surface area contributed by atoms with Crippen LogP contribution in [0.3, 0.4) is 0 Å². The van der Waals surface area contributed by atoms with Gasteiger partial charge in [0.1, 0.15) is 0 Å². The number of hydrogen-bond donors (Lipinski definition) is 0. The second-order valence-electron chi connectivity index (χ2n) is 4.92. The van der Waals surface area contributed by atoms with Crippen molar-refractivity contribution in [1.29, 1.82) is 0 Å². The molecule has 0 aliphatic carbocycles. The van der Waals surface area contributed by atoms with Crippen molar-refractivity contribution < 1.29 is 9.53 Å². The summed E-state index contributed by atoms with van der Waals surface area (Å²) in [5.74, 6) is 0.235. The molecular weight excluding hydrogens is 226 g/mol. The Kier molecular flexibility index (Phi) is 4.37. The molecule has 1 fully saturated rings. The number of carbonyl (C=O) groups is 1. The molecule has 2 rings (SSSR count). The number of nitrogens with zero attached hydrogens (tertiary/aromatic N) is 1. The minimum atomic E-state index is 0.235. The van der Waals surface area contributed by atoms with E-state index in [-0.39, 0.29) is 5.91 Å². The Morgan fingerprint density at radius 1 is 1.33 bits per heavy atom. The SMILES string of the molecule is COC1CCN(C(=O)Cc2ccccc2C)CC1. The van der Waals surface area contributed by atoms with Crippen molar-refractivity contribution >= 4 is 5.91 Å². The number of benzene rings is 1. The van der Waals surface area contributed by atoms with Crippen molar-refractivity contribution in [1.82, 2.24) is 4.90 Å². The molecule has 1 saturated heterocycles. The molecule has 0 bridgehead atoms. The second-order valence-corrected chi connectivity index (χ2v) is 4.92. The average Bonchev–Trinajstić information content (AvgIpc) is 2.41. The van der Waals surface area contributed by atoms with Crippen molar-refractivity contribution in [2.75, 3.05) is 20.2 Å². The van der Waals surface area contributed by atoms with Crippen LogP contribution in [-0.4, -0.2) is 37.1 Å². The zero-order valence-corrected chi connectivity index (χ0v) is 11.2. The van der Waals surface area contributed by atoms with Gasteiger partial charge in [0, 0.05) is 20.2 Å². The van der Waals surface area contributed by atoms with E-state index >= 15 is 0 Å². The molecule has 0 saturated carbocycles. The van der Waals surface area contributed by atoms with Gasteiger partial charge >= 0.3 is 0 Å². The fraction of sp³-hybridized carbons (Fsp3) is 0.533. The number of piperidine rings is 1. The smallest absolute Gasteiger partial charge is 0.227 e. The molecule has 1 amide bonds. The van der Waals surface area contributed by atoms with E-state index in [0.29, 0.717) is 12.5 Å². The van der Waals surface area contributed by atoms with Crippen LogP contribution in [0.25, 0.3) is 0 Å². The molecule has 1 aliphatic heterocycles. The topological polar surface area (TPSA) is 29.5 Å². The van der Waals surface area contributed by atoms with Crippen LogP contribution < -0.4 is 0 Å². The van der Waals surface area contributed by atoms with Gasteiger partial charge in [-0.1, -0.05) is 24.3 Å². The van der Waals surface area contributed by atoms with Crippen LogP contribution in [0.1, 0.15) is 24.0 Å². The lowest BCUT2D eigenvalue weighted by molar-refractivity contribution is -0.132. The summed E-state index contributed by atoms with van der Waals surface area (Å²) in [4.78, 5) is 14.2. The van der Waals surface area contributed by atoms with Crippen LogP contribution in [0, 0.1) is 6.92 Å². The van der Waals surface area contributed by atoms with Gasteiger partial charge in [0.15, 0.2) is 0 Å². The average molecular weight is 247 g/mol. The molecule has 18 heavy (non-hydrogen) atoms. The summed E-state index contributed by atoms with van der Waals surface area (Å²) in [6, 6.07) is 8.09. The van der Waals surface area contributed by atoms with Gasteiger partial charge in [0.25, 0.3) is 0 Å². The lowest BCUT2D eigenvalue weighted by Gasteiger charge is -2.31. The Bertz CT molecular complexity index is 409. The second kappa shape index (κ2) is 6.01. The van der Waals surface area contributed by atoms with Gasteiger partial charge in [-0.25, -0.2) is 0 Å². The number of rotatable bonds is 3. The number of aryl methyl sites for hydroxylation is 1. The quantitative estimate of drug-likeness (QED) is 0.819. The van der Waals surface area contributed by atoms with E-state index in [1.54, 1.807) is 7.11 Å². The third-order valence-electron chi connectivity index (χ3n) is 3.73. The molecule has 98 valence electrons. The van der Waals surface area contributed by atoms with E-state index in [1.807, 2.05) is 23.1 Å². The highest BCUT2D eigenvalue weighted by molar-refractivity contribution is 5.79. The van der Waals surface area contributed by atoms with Gasteiger partial charge in [0.2, 0.25) is 5.91 Å². The summed E-state index contributed by atoms with van der Waals surface area (Å²) in [6.07, 6.45) is 2.75. The minimum absolute atomic E-state index is 0.235. The first-order valence-corrected chi connectivity index (χ1v) is 6.56. The monoisotopic (exact) mass is 247 g/mol. The van der Waals surface area contributed by atoms with Crippen LogP contribution in [0.2, 0.25) is 0 Å². The van der Waals surface area contributed by atoms with Crippen molar-refractivity contribution in [2.45, 2.75) is 32.3 Å². The molecule has 0 aromatic heterocycles. The van der Waals surface area contributed by atoms with Gasteiger partial charge in [-0.3, -0.25) is 4.79 Å². The molecule has 3 nitrogen and oxygen atoms in total. The standard InChI is InChI=1S/C15H21NO2/c1-12-5-3-4-6-13(12)11-15(17)16-9-7-14(18-2)8-10-16/h3-6,14H,7-11H2,1-2H3. The maximum Gasteiger partial charge on any atom is 0.227 e. The van der Waals surface area contributed by atoms with Crippen LogP contribution in [0.15, 0.2) is 24.3 Å². The lowest BCUT2D eigenvalue weighted by Crippen LogP contribution is -2.41. The summed E-state index contributed by atoms with van der Waals surface area (Å²) in [7, 11) is 1.75. The first kappa shape index (κ1) is 13.1. The molecule has 0 N–H and O–H groups in total. The Morgan fingerprint density at radius 3 is 2.61 bits per heavy atom. The number of carbonyl (C=O) groups excluding carboxylic acids is 1. The van der Waals surface area contributed by atoms with E-state index in [9.17, 15) is 4.79 Å². The molecule has 1 aromatic carbocycles. The van der Waals surface area contributed by atoms with Gasteiger partial charge in [-0.2, -0.15) is 0 Å². The summed E-state index contributed by atoms with van der Waals surface area (Å²) in [6.45, 7) is 3.70. The predicted molar refractivity (Wildman–Crippen MR) is 71.5 cm³/mol. The predicted octanol–water partition coefficient (Wildman–Crippen LogP) is 2.17. The summed E-state index contributed by atoms with van der Waals surface area (Å²) in [5, 5.41) is 0. The third-order valence-corrected chi connectivity index (χ3v) is 3.73. The molecule has 1 heterocycles. The number of likely N-dealkylation sites (tertiary alicyclic amines) is 1. The Labute approximate surface area is 109 Å². The fourth-order valence-corrected chi connectivity index (χ4v) is 2.42. The molecule has 0 atom stereocenters. The van der Waals surface area contributed by atoms with E-state index in [1.165, 1.54) is 5.56 Å². The molecule has 0 unspecified atom stereocenters. The van der Waals surface area contributed by atoms with Gasteiger partial charge in [0.05, 0.1) is 12.5 Å². The van der Waals surface area contributed by atoms with Crippen LogP contribution in [0.5, 0.6) is 0 Å². The van der Waals surface area contributed by atoms with Crippen LogP contribution in [0.4, 0.5) is 0 Å². The largest absolute Gasteiger partial charge is 0.381 e.